The van der Waals surface area contributed by atoms with Crippen molar-refractivity contribution in [2.45, 2.75) is 51.5 Å². The molecule has 5 nitrogen and oxygen atoms in total. The first-order valence-corrected chi connectivity index (χ1v) is 13.2. The molecule has 4 rings (SSSR count). The van der Waals surface area contributed by atoms with Crippen LogP contribution in [0.15, 0.2) is 53.4 Å². The van der Waals surface area contributed by atoms with Crippen LogP contribution in [-0.4, -0.2) is 33.0 Å². The lowest BCUT2D eigenvalue weighted by molar-refractivity contribution is -0.118. The number of thiazole rings is 1. The van der Waals surface area contributed by atoms with Crippen LogP contribution in [0.1, 0.15) is 43.1 Å². The maximum absolute atomic E-state index is 13.4. The van der Waals surface area contributed by atoms with Crippen LogP contribution in [0.5, 0.6) is 0 Å². The number of anilines is 1. The molecule has 0 spiro atoms. The number of hydrogen-bond acceptors (Lipinski definition) is 5. The van der Waals surface area contributed by atoms with Gasteiger partial charge in [0.25, 0.3) is 0 Å². The topological polar surface area (TPSA) is 51.0 Å². The lowest BCUT2D eigenvalue weighted by Gasteiger charge is -2.20. The molecule has 0 bridgehead atoms. The van der Waals surface area contributed by atoms with Gasteiger partial charge in [-0.25, -0.2) is 9.37 Å². The maximum Gasteiger partial charge on any atom is 0.229 e. The third kappa shape index (κ3) is 5.67. The minimum Gasteiger partial charge on any atom is -0.286 e. The fourth-order valence-corrected chi connectivity index (χ4v) is 5.77. The zero-order valence-electron chi connectivity index (χ0n) is 19.9. The lowest BCUT2D eigenvalue weighted by atomic mass is 10.0. The molecule has 0 aliphatic heterocycles. The van der Waals surface area contributed by atoms with Gasteiger partial charge in [0.05, 0.1) is 22.5 Å². The van der Waals surface area contributed by atoms with Crippen molar-refractivity contribution in [3.8, 4) is 0 Å². The Labute approximate surface area is 208 Å². The molecule has 0 radical (unpaired) electrons. The molecule has 4 aromatic rings. The van der Waals surface area contributed by atoms with Crippen LogP contribution in [0.3, 0.4) is 0 Å². The highest BCUT2D eigenvalue weighted by molar-refractivity contribution is 7.99. The predicted molar refractivity (Wildman–Crippen MR) is 140 cm³/mol. The van der Waals surface area contributed by atoms with E-state index in [2.05, 4.69) is 37.1 Å². The van der Waals surface area contributed by atoms with E-state index in [0.29, 0.717) is 31.2 Å². The fourth-order valence-electron chi connectivity index (χ4n) is 3.88. The van der Waals surface area contributed by atoms with Crippen LogP contribution in [-0.2, 0) is 11.3 Å². The second-order valence-corrected chi connectivity index (χ2v) is 10.8. The molecular weight excluding hydrogens is 467 g/mol. The number of aromatic nitrogens is 3. The molecule has 0 saturated heterocycles. The summed E-state index contributed by atoms with van der Waals surface area (Å²) in [4.78, 5) is 21.1. The van der Waals surface area contributed by atoms with E-state index in [0.717, 1.165) is 31.6 Å². The number of benzene rings is 2. The second-order valence-electron chi connectivity index (χ2n) is 8.59. The fraction of sp³-hybridized carbons (Fsp3) is 0.346. The molecule has 0 fully saturated rings. The van der Waals surface area contributed by atoms with Gasteiger partial charge in [0.1, 0.15) is 5.82 Å². The largest absolute Gasteiger partial charge is 0.286 e. The first-order valence-electron chi connectivity index (χ1n) is 11.4. The summed E-state index contributed by atoms with van der Waals surface area (Å²) in [6, 6.07) is 14.6. The molecule has 2 aromatic carbocycles. The Morgan fingerprint density at radius 1 is 1.18 bits per heavy atom. The number of amides is 1. The Morgan fingerprint density at radius 2 is 1.94 bits per heavy atom. The number of hydrogen-bond donors (Lipinski definition) is 0. The number of thioether (sulfide) groups is 1. The van der Waals surface area contributed by atoms with Crippen molar-refractivity contribution in [2.24, 2.45) is 0 Å². The van der Waals surface area contributed by atoms with Gasteiger partial charge in [-0.05, 0) is 61.7 Å². The van der Waals surface area contributed by atoms with Crippen LogP contribution in [0.4, 0.5) is 9.52 Å². The van der Waals surface area contributed by atoms with E-state index in [1.807, 2.05) is 24.6 Å². The maximum atomic E-state index is 13.4. The van der Waals surface area contributed by atoms with Gasteiger partial charge >= 0.3 is 0 Å². The molecule has 0 N–H and O–H groups in total. The Balaban J connectivity index is 1.55. The lowest BCUT2D eigenvalue weighted by Crippen LogP contribution is -2.34. The van der Waals surface area contributed by atoms with Crippen molar-refractivity contribution in [1.82, 2.24) is 14.8 Å². The average molecular weight is 497 g/mol. The summed E-state index contributed by atoms with van der Waals surface area (Å²) in [5, 5.41) is 5.27. The monoisotopic (exact) mass is 496 g/mol. The molecule has 178 valence electrons. The predicted octanol–water partition coefficient (Wildman–Crippen LogP) is 6.59. The number of carbonyl (C=O) groups excluding carboxylic acids is 1. The summed E-state index contributed by atoms with van der Waals surface area (Å²) in [7, 11) is 0. The Bertz CT molecular complexity index is 1280. The van der Waals surface area contributed by atoms with Crippen molar-refractivity contribution in [1.29, 1.82) is 0 Å². The van der Waals surface area contributed by atoms with Crippen LogP contribution >= 0.6 is 23.1 Å². The number of para-hydroxylation sites is 1. The normalized spacial score (nSPS) is 11.5. The van der Waals surface area contributed by atoms with E-state index in [-0.39, 0.29) is 11.7 Å². The molecule has 2 heterocycles. The summed E-state index contributed by atoms with van der Waals surface area (Å²) < 4.78 is 16.2. The molecular formula is C26H29FN4OS2. The van der Waals surface area contributed by atoms with Gasteiger partial charge in [0, 0.05) is 29.3 Å². The molecule has 0 unspecified atom stereocenters. The Hall–Kier alpha value is -2.71. The number of aryl methyl sites for hydroxylation is 2. The summed E-state index contributed by atoms with van der Waals surface area (Å²) in [6.07, 6.45) is 0.367. The zero-order chi connectivity index (χ0) is 24.2. The highest BCUT2D eigenvalue weighted by Crippen LogP contribution is 2.34. The van der Waals surface area contributed by atoms with Crippen molar-refractivity contribution >= 4 is 44.4 Å². The first-order chi connectivity index (χ1) is 16.3. The summed E-state index contributed by atoms with van der Waals surface area (Å²) >= 11 is 3.11. The van der Waals surface area contributed by atoms with E-state index < -0.39 is 0 Å². The van der Waals surface area contributed by atoms with E-state index >= 15 is 0 Å². The number of halogens is 1. The van der Waals surface area contributed by atoms with E-state index in [1.54, 1.807) is 40.1 Å². The molecule has 0 saturated carbocycles. The molecule has 0 aliphatic rings. The van der Waals surface area contributed by atoms with Crippen LogP contribution in [0, 0.1) is 19.7 Å². The van der Waals surface area contributed by atoms with Gasteiger partial charge in [0.15, 0.2) is 5.13 Å². The molecule has 8 heteroatoms. The summed E-state index contributed by atoms with van der Waals surface area (Å²) in [5.74, 6) is 0.737. The third-order valence-electron chi connectivity index (χ3n) is 5.63. The van der Waals surface area contributed by atoms with Crippen molar-refractivity contribution in [3.63, 3.8) is 0 Å². The van der Waals surface area contributed by atoms with Crippen LogP contribution in [0.25, 0.3) is 10.2 Å². The smallest absolute Gasteiger partial charge is 0.229 e. The van der Waals surface area contributed by atoms with E-state index in [9.17, 15) is 9.18 Å². The SMILES string of the molecule is Cc1cc(C)n(CCN(C(=O)CCSc2ccc(F)cc2)c2nc3c(C(C)C)cccc3s2)n1. The number of carbonyl (C=O) groups is 1. The summed E-state index contributed by atoms with van der Waals surface area (Å²) in [6.45, 7) is 9.42. The van der Waals surface area contributed by atoms with E-state index in [4.69, 9.17) is 4.98 Å². The van der Waals surface area contributed by atoms with Gasteiger partial charge in [-0.3, -0.25) is 14.4 Å². The molecule has 2 aromatic heterocycles. The highest BCUT2D eigenvalue weighted by atomic mass is 32.2. The van der Waals surface area contributed by atoms with Gasteiger partial charge in [0.2, 0.25) is 5.91 Å². The standard InChI is InChI=1S/C26H29FN4OS2/c1-17(2)22-6-5-7-23-25(22)28-26(34-23)30(13-14-31-19(4)16-18(3)29-31)24(32)12-15-33-21-10-8-20(27)9-11-21/h5-11,16-17H,12-15H2,1-4H3. The number of rotatable bonds is 9. The molecule has 1 amide bonds. The quantitative estimate of drug-likeness (QED) is 0.245. The van der Waals surface area contributed by atoms with Gasteiger partial charge in [-0.15, -0.1) is 11.8 Å². The van der Waals surface area contributed by atoms with Crippen molar-refractivity contribution < 1.29 is 9.18 Å². The van der Waals surface area contributed by atoms with E-state index in [1.165, 1.54) is 17.7 Å². The molecule has 0 atom stereocenters. The molecule has 34 heavy (non-hydrogen) atoms. The highest BCUT2D eigenvalue weighted by Gasteiger charge is 2.21. The third-order valence-corrected chi connectivity index (χ3v) is 7.69. The van der Waals surface area contributed by atoms with Gasteiger partial charge < -0.3 is 0 Å². The Morgan fingerprint density at radius 3 is 2.62 bits per heavy atom. The minimum atomic E-state index is -0.257. The average Bonchev–Trinajstić information content (AvgIpc) is 3.37. The first kappa shape index (κ1) is 24.4. The van der Waals surface area contributed by atoms with Gasteiger partial charge in [-0.1, -0.05) is 37.3 Å². The Kier molecular flexibility index (Phi) is 7.68. The minimum absolute atomic E-state index is 0.0290. The zero-order valence-corrected chi connectivity index (χ0v) is 21.5. The number of fused-ring (bicyclic) bond motifs is 1. The van der Waals surface area contributed by atoms with Crippen molar-refractivity contribution in [2.75, 3.05) is 17.2 Å². The van der Waals surface area contributed by atoms with Crippen LogP contribution < -0.4 is 4.90 Å². The number of nitrogens with zero attached hydrogens (tertiary/aromatic N) is 4. The molecule has 0 aliphatic carbocycles. The van der Waals surface area contributed by atoms with Crippen molar-refractivity contribution in [3.05, 3.63) is 71.3 Å². The summed E-state index contributed by atoms with van der Waals surface area (Å²) in [5.41, 5.74) is 4.20. The van der Waals surface area contributed by atoms with Crippen LogP contribution in [0.2, 0.25) is 0 Å². The van der Waals surface area contributed by atoms with Gasteiger partial charge in [-0.2, -0.15) is 5.10 Å². The second kappa shape index (κ2) is 10.7.